The molecular formula is C19H18ClIN2O4S2. The third kappa shape index (κ3) is 4.96. The van der Waals surface area contributed by atoms with Crippen molar-refractivity contribution in [3.05, 3.63) is 71.0 Å². The van der Waals surface area contributed by atoms with Gasteiger partial charge in [-0.05, 0) is 31.0 Å². The van der Waals surface area contributed by atoms with Crippen LogP contribution in [0.3, 0.4) is 0 Å². The van der Waals surface area contributed by atoms with Gasteiger partial charge in [0.2, 0.25) is 10.0 Å². The number of nitrogens with zero attached hydrogens (tertiary/aromatic N) is 1. The van der Waals surface area contributed by atoms with Crippen molar-refractivity contribution in [3.63, 3.8) is 0 Å². The molecule has 2 heterocycles. The lowest BCUT2D eigenvalue weighted by molar-refractivity contribution is -0.143. The van der Waals surface area contributed by atoms with Crippen LogP contribution in [-0.2, 0) is 14.8 Å². The highest BCUT2D eigenvalue weighted by Gasteiger charge is 2.46. The van der Waals surface area contributed by atoms with Crippen molar-refractivity contribution >= 4 is 66.9 Å². The molecule has 1 aromatic carbocycles. The number of thioether (sulfide) groups is 1. The molecular weight excluding hydrogens is 547 g/mol. The van der Waals surface area contributed by atoms with E-state index in [0.717, 1.165) is 22.2 Å². The maximum atomic E-state index is 13.0. The number of pyridine rings is 1. The van der Waals surface area contributed by atoms with Crippen LogP contribution in [0.2, 0.25) is 5.02 Å². The Hall–Kier alpha value is -1.14. The zero-order chi connectivity index (χ0) is 21.2. The number of alkyl halides is 1. The number of carboxylic acids is 1. The summed E-state index contributed by atoms with van der Waals surface area (Å²) >= 11 is 8.97. The van der Waals surface area contributed by atoms with E-state index in [1.165, 1.54) is 13.1 Å². The second kappa shape index (κ2) is 8.93. The largest absolute Gasteiger partial charge is 0.480 e. The zero-order valence-electron chi connectivity index (χ0n) is 15.2. The van der Waals surface area contributed by atoms with Gasteiger partial charge < -0.3 is 5.11 Å². The first-order chi connectivity index (χ1) is 13.6. The van der Waals surface area contributed by atoms with Crippen LogP contribution in [0.4, 0.5) is 0 Å². The summed E-state index contributed by atoms with van der Waals surface area (Å²) in [6.07, 6.45) is 3.55. The molecule has 3 rings (SSSR count). The first kappa shape index (κ1) is 22.5. The number of carbonyl (C=O) groups is 1. The fourth-order valence-electron chi connectivity index (χ4n) is 2.84. The minimum absolute atomic E-state index is 0.257. The van der Waals surface area contributed by atoms with Crippen molar-refractivity contribution < 1.29 is 18.3 Å². The Morgan fingerprint density at radius 3 is 2.62 bits per heavy atom. The van der Waals surface area contributed by atoms with E-state index < -0.39 is 30.0 Å². The normalized spacial score (nSPS) is 20.0. The molecule has 0 amide bonds. The molecule has 0 fully saturated rings. The predicted molar refractivity (Wildman–Crippen MR) is 125 cm³/mol. The highest BCUT2D eigenvalue weighted by Crippen LogP contribution is 2.42. The molecule has 1 aromatic heterocycles. The van der Waals surface area contributed by atoms with Crippen molar-refractivity contribution in [2.24, 2.45) is 0 Å². The van der Waals surface area contributed by atoms with Crippen molar-refractivity contribution in [2.45, 2.75) is 27.4 Å². The van der Waals surface area contributed by atoms with E-state index in [2.05, 4.69) is 9.71 Å². The number of rotatable bonds is 7. The molecule has 154 valence electrons. The maximum absolute atomic E-state index is 13.0. The standard InChI is InChI=1S/C19H18ClIN2O4S2/c1-19(18(24)25,17(21)12-5-3-2-4-6-12)23-29(26,27)16-10-9-15(28-16)14-8-7-13(20)11-22-14/h2-9,11,16-17,23H,10H2,1H3,(H,24,25)/t16?,17-,19+/m1/s1. The fraction of sp³-hybridized carbons (Fsp3) is 0.263. The third-order valence-corrected chi connectivity index (χ3v) is 10.4. The van der Waals surface area contributed by atoms with Gasteiger partial charge in [-0.1, -0.05) is 70.6 Å². The number of hydrogen-bond acceptors (Lipinski definition) is 5. The molecule has 2 N–H and O–H groups in total. The number of aromatic nitrogens is 1. The zero-order valence-corrected chi connectivity index (χ0v) is 19.8. The Bertz CT molecular complexity index is 1030. The quantitative estimate of drug-likeness (QED) is 0.380. The van der Waals surface area contributed by atoms with Crippen LogP contribution in [0.1, 0.15) is 28.5 Å². The van der Waals surface area contributed by atoms with Crippen molar-refractivity contribution in [3.8, 4) is 0 Å². The minimum atomic E-state index is -3.94. The summed E-state index contributed by atoms with van der Waals surface area (Å²) in [5.41, 5.74) is -0.346. The van der Waals surface area contributed by atoms with Crippen molar-refractivity contribution in [2.75, 3.05) is 0 Å². The molecule has 29 heavy (non-hydrogen) atoms. The lowest BCUT2D eigenvalue weighted by Crippen LogP contribution is -2.56. The molecule has 3 atom stereocenters. The van der Waals surface area contributed by atoms with Crippen LogP contribution in [-0.4, -0.2) is 34.6 Å². The molecule has 10 heteroatoms. The lowest BCUT2D eigenvalue weighted by atomic mass is 9.94. The SMILES string of the molecule is C[C@@](NS(=O)(=O)C1CC=C(c2ccc(Cl)cn2)S1)(C(=O)O)[C@H](I)c1ccccc1. The molecule has 0 spiro atoms. The Morgan fingerprint density at radius 1 is 1.34 bits per heavy atom. The molecule has 0 aliphatic carbocycles. The Kier molecular flexibility index (Phi) is 6.94. The van der Waals surface area contributed by atoms with E-state index >= 15 is 0 Å². The number of benzene rings is 1. The Balaban J connectivity index is 1.80. The molecule has 1 aliphatic rings. The monoisotopic (exact) mass is 564 g/mol. The van der Waals surface area contributed by atoms with E-state index in [0.29, 0.717) is 10.7 Å². The van der Waals surface area contributed by atoms with E-state index in [1.807, 2.05) is 28.7 Å². The first-order valence-electron chi connectivity index (χ1n) is 8.57. The Labute approximate surface area is 192 Å². The Morgan fingerprint density at radius 2 is 2.03 bits per heavy atom. The average Bonchev–Trinajstić information content (AvgIpc) is 3.19. The number of carboxylic acid groups (broad SMARTS) is 1. The second-order valence-corrected chi connectivity index (χ2v) is 11.7. The maximum Gasteiger partial charge on any atom is 0.326 e. The van der Waals surface area contributed by atoms with Gasteiger partial charge in [-0.2, -0.15) is 4.72 Å². The van der Waals surface area contributed by atoms with Gasteiger partial charge in [0, 0.05) is 11.1 Å². The van der Waals surface area contributed by atoms with E-state index in [-0.39, 0.29) is 6.42 Å². The van der Waals surface area contributed by atoms with Crippen LogP contribution in [0, 0.1) is 0 Å². The summed E-state index contributed by atoms with van der Waals surface area (Å²) in [5, 5.41) is 10.3. The summed E-state index contributed by atoms with van der Waals surface area (Å²) in [5.74, 6) is -1.24. The molecule has 6 nitrogen and oxygen atoms in total. The molecule has 0 saturated heterocycles. The smallest absolute Gasteiger partial charge is 0.326 e. The van der Waals surface area contributed by atoms with E-state index in [1.54, 1.807) is 42.5 Å². The van der Waals surface area contributed by atoms with Gasteiger partial charge >= 0.3 is 5.97 Å². The van der Waals surface area contributed by atoms with Crippen LogP contribution in [0.15, 0.2) is 54.7 Å². The van der Waals surface area contributed by atoms with Crippen LogP contribution in [0.25, 0.3) is 4.91 Å². The number of halogens is 2. The van der Waals surface area contributed by atoms with Crippen LogP contribution < -0.4 is 4.72 Å². The highest BCUT2D eigenvalue weighted by atomic mass is 127. The number of aliphatic carboxylic acids is 1. The van der Waals surface area contributed by atoms with Gasteiger partial charge in [0.15, 0.2) is 0 Å². The molecule has 2 aromatic rings. The van der Waals surface area contributed by atoms with Crippen LogP contribution >= 0.6 is 46.0 Å². The topological polar surface area (TPSA) is 96.4 Å². The number of sulfonamides is 1. The summed E-state index contributed by atoms with van der Waals surface area (Å²) in [6.45, 7) is 1.39. The summed E-state index contributed by atoms with van der Waals surface area (Å²) in [6, 6.07) is 12.4. The third-order valence-electron chi connectivity index (χ3n) is 4.48. The summed E-state index contributed by atoms with van der Waals surface area (Å²) in [7, 11) is -3.94. The fourth-order valence-corrected chi connectivity index (χ4v) is 7.15. The number of nitrogens with one attached hydrogen (secondary N) is 1. The van der Waals surface area contributed by atoms with Gasteiger partial charge in [0.25, 0.3) is 0 Å². The van der Waals surface area contributed by atoms with Crippen molar-refractivity contribution in [1.29, 1.82) is 0 Å². The lowest BCUT2D eigenvalue weighted by Gasteiger charge is -2.32. The number of allylic oxidation sites excluding steroid dienone is 1. The van der Waals surface area contributed by atoms with E-state index in [4.69, 9.17) is 11.6 Å². The minimum Gasteiger partial charge on any atom is -0.480 e. The number of hydrogen-bond donors (Lipinski definition) is 2. The van der Waals surface area contributed by atoms with Gasteiger partial charge in [0.05, 0.1) is 14.6 Å². The van der Waals surface area contributed by atoms with Gasteiger partial charge in [0.1, 0.15) is 10.1 Å². The first-order valence-corrected chi connectivity index (χ1v) is 12.6. The summed E-state index contributed by atoms with van der Waals surface area (Å²) in [4.78, 5) is 17.0. The van der Waals surface area contributed by atoms with Crippen LogP contribution in [0.5, 0.6) is 0 Å². The van der Waals surface area contributed by atoms with E-state index in [9.17, 15) is 18.3 Å². The van der Waals surface area contributed by atoms with Gasteiger partial charge in [-0.15, -0.1) is 11.8 Å². The molecule has 1 aliphatic heterocycles. The van der Waals surface area contributed by atoms with Crippen molar-refractivity contribution in [1.82, 2.24) is 9.71 Å². The van der Waals surface area contributed by atoms with Gasteiger partial charge in [-0.3, -0.25) is 9.78 Å². The molecule has 1 unspecified atom stereocenters. The van der Waals surface area contributed by atoms with Gasteiger partial charge in [-0.25, -0.2) is 8.42 Å². The molecule has 0 radical (unpaired) electrons. The second-order valence-electron chi connectivity index (χ2n) is 6.64. The average molecular weight is 565 g/mol. The molecule has 0 bridgehead atoms. The summed E-state index contributed by atoms with van der Waals surface area (Å²) < 4.78 is 27.1. The highest BCUT2D eigenvalue weighted by molar-refractivity contribution is 14.1. The predicted octanol–water partition coefficient (Wildman–Crippen LogP) is 4.48. The molecule has 0 saturated carbocycles.